The number of hydrogen-bond acceptors (Lipinski definition) is 4. The molecule has 1 aromatic carbocycles. The van der Waals surface area contributed by atoms with Crippen LogP contribution in [0.3, 0.4) is 0 Å². The van der Waals surface area contributed by atoms with Gasteiger partial charge >= 0.3 is 0 Å². The summed E-state index contributed by atoms with van der Waals surface area (Å²) in [5.74, 6) is 0.177. The molecule has 0 saturated carbocycles. The summed E-state index contributed by atoms with van der Waals surface area (Å²) in [6.07, 6.45) is 1.69. The molecule has 2 N–H and O–H groups in total. The Balaban J connectivity index is 1.49. The largest absolute Gasteiger partial charge is 0.399 e. The highest BCUT2D eigenvalue weighted by atomic mass is 16.5. The van der Waals surface area contributed by atoms with Crippen molar-refractivity contribution in [2.75, 3.05) is 38.5 Å². The van der Waals surface area contributed by atoms with Crippen molar-refractivity contribution in [3.63, 3.8) is 0 Å². The van der Waals surface area contributed by atoms with Crippen LogP contribution in [-0.2, 0) is 16.1 Å². The van der Waals surface area contributed by atoms with Crippen molar-refractivity contribution in [2.45, 2.75) is 25.5 Å². The van der Waals surface area contributed by atoms with Crippen LogP contribution in [0, 0.1) is 0 Å². The molecular formula is C16H23N3O2. The molecule has 2 heterocycles. The Morgan fingerprint density at radius 2 is 2.10 bits per heavy atom. The zero-order valence-corrected chi connectivity index (χ0v) is 12.3. The Hall–Kier alpha value is -1.59. The number of hydrogen-bond donors (Lipinski definition) is 1. The second-order valence-electron chi connectivity index (χ2n) is 5.85. The van der Waals surface area contributed by atoms with Crippen molar-refractivity contribution in [1.82, 2.24) is 9.80 Å². The average Bonchev–Trinajstić information content (AvgIpc) is 3.01. The van der Waals surface area contributed by atoms with Crippen molar-refractivity contribution in [1.29, 1.82) is 0 Å². The topological polar surface area (TPSA) is 58.8 Å². The Morgan fingerprint density at radius 1 is 1.29 bits per heavy atom. The van der Waals surface area contributed by atoms with Crippen molar-refractivity contribution in [2.24, 2.45) is 0 Å². The van der Waals surface area contributed by atoms with E-state index in [9.17, 15) is 4.79 Å². The standard InChI is InChI=1S/C16H23N3O2/c17-14-4-1-3-13(11-14)12-18-6-8-19(9-7-18)16(20)15-5-2-10-21-15/h1,3-4,11,15H,2,5-10,12,17H2. The summed E-state index contributed by atoms with van der Waals surface area (Å²) in [5, 5.41) is 0. The minimum absolute atomic E-state index is 0.177. The first-order valence-corrected chi connectivity index (χ1v) is 7.69. The Morgan fingerprint density at radius 3 is 2.76 bits per heavy atom. The molecular weight excluding hydrogens is 266 g/mol. The minimum atomic E-state index is -0.189. The van der Waals surface area contributed by atoms with Gasteiger partial charge in [-0.1, -0.05) is 12.1 Å². The highest BCUT2D eigenvalue weighted by molar-refractivity contribution is 5.81. The van der Waals surface area contributed by atoms with Crippen molar-refractivity contribution in [3.8, 4) is 0 Å². The summed E-state index contributed by atoms with van der Waals surface area (Å²) in [6.45, 7) is 5.03. The van der Waals surface area contributed by atoms with E-state index >= 15 is 0 Å². The van der Waals surface area contributed by atoms with E-state index in [4.69, 9.17) is 10.5 Å². The fourth-order valence-electron chi connectivity index (χ4n) is 3.05. The van der Waals surface area contributed by atoms with Gasteiger partial charge in [0.25, 0.3) is 5.91 Å². The molecule has 0 aliphatic carbocycles. The molecule has 1 unspecified atom stereocenters. The lowest BCUT2D eigenvalue weighted by atomic mass is 10.1. The Bertz CT molecular complexity index is 492. The maximum absolute atomic E-state index is 12.3. The van der Waals surface area contributed by atoms with Gasteiger partial charge in [0.05, 0.1) is 0 Å². The van der Waals surface area contributed by atoms with Crippen molar-refractivity contribution < 1.29 is 9.53 Å². The van der Waals surface area contributed by atoms with Gasteiger partial charge in [-0.2, -0.15) is 0 Å². The average molecular weight is 289 g/mol. The van der Waals surface area contributed by atoms with Crippen LogP contribution in [0.5, 0.6) is 0 Å². The number of amides is 1. The van der Waals surface area contributed by atoms with Crippen LogP contribution in [0.25, 0.3) is 0 Å². The lowest BCUT2D eigenvalue weighted by Gasteiger charge is -2.35. The molecule has 3 rings (SSSR count). The molecule has 0 radical (unpaired) electrons. The van der Waals surface area contributed by atoms with E-state index in [1.807, 2.05) is 23.1 Å². The molecule has 1 aromatic rings. The number of carbonyl (C=O) groups is 1. The maximum atomic E-state index is 12.3. The van der Waals surface area contributed by atoms with E-state index in [0.717, 1.165) is 57.9 Å². The summed E-state index contributed by atoms with van der Waals surface area (Å²) >= 11 is 0. The van der Waals surface area contributed by atoms with E-state index in [2.05, 4.69) is 11.0 Å². The quantitative estimate of drug-likeness (QED) is 0.846. The lowest BCUT2D eigenvalue weighted by Crippen LogP contribution is -2.51. The number of rotatable bonds is 3. The first-order valence-electron chi connectivity index (χ1n) is 7.69. The SMILES string of the molecule is Nc1cccc(CN2CCN(C(=O)C3CCCO3)CC2)c1. The van der Waals surface area contributed by atoms with Gasteiger partial charge in [0, 0.05) is 45.0 Å². The van der Waals surface area contributed by atoms with Gasteiger partial charge in [0.2, 0.25) is 0 Å². The fourth-order valence-corrected chi connectivity index (χ4v) is 3.05. The predicted molar refractivity (Wildman–Crippen MR) is 81.7 cm³/mol. The summed E-state index contributed by atoms with van der Waals surface area (Å²) in [6, 6.07) is 8.01. The maximum Gasteiger partial charge on any atom is 0.251 e. The summed E-state index contributed by atoms with van der Waals surface area (Å²) in [7, 11) is 0. The predicted octanol–water partition coefficient (Wildman–Crippen LogP) is 1.09. The molecule has 0 spiro atoms. The Kier molecular flexibility index (Phi) is 4.41. The normalized spacial score (nSPS) is 23.4. The summed E-state index contributed by atoms with van der Waals surface area (Å²) in [5.41, 5.74) is 7.85. The summed E-state index contributed by atoms with van der Waals surface area (Å²) in [4.78, 5) is 16.6. The van der Waals surface area contributed by atoms with E-state index in [1.165, 1.54) is 5.56 Å². The van der Waals surface area contributed by atoms with E-state index in [1.54, 1.807) is 0 Å². The molecule has 2 saturated heterocycles. The number of carbonyl (C=O) groups excluding carboxylic acids is 1. The number of nitrogens with zero attached hydrogens (tertiary/aromatic N) is 2. The monoisotopic (exact) mass is 289 g/mol. The highest BCUT2D eigenvalue weighted by Gasteiger charge is 2.30. The minimum Gasteiger partial charge on any atom is -0.399 e. The van der Waals surface area contributed by atoms with Gasteiger partial charge in [-0.3, -0.25) is 9.69 Å². The third-order valence-corrected chi connectivity index (χ3v) is 4.25. The van der Waals surface area contributed by atoms with Crippen LogP contribution in [0.15, 0.2) is 24.3 Å². The third kappa shape index (κ3) is 3.54. The molecule has 5 heteroatoms. The van der Waals surface area contributed by atoms with Gasteiger partial charge < -0.3 is 15.4 Å². The number of anilines is 1. The van der Waals surface area contributed by atoms with E-state index in [0.29, 0.717) is 0 Å². The number of nitrogens with two attached hydrogens (primary N) is 1. The number of piperazine rings is 1. The molecule has 2 aliphatic rings. The first kappa shape index (κ1) is 14.4. The lowest BCUT2D eigenvalue weighted by molar-refractivity contribution is -0.142. The molecule has 0 bridgehead atoms. The molecule has 5 nitrogen and oxygen atoms in total. The first-order chi connectivity index (χ1) is 10.2. The second kappa shape index (κ2) is 6.45. The molecule has 2 aliphatic heterocycles. The van der Waals surface area contributed by atoms with Gasteiger partial charge in [-0.25, -0.2) is 0 Å². The smallest absolute Gasteiger partial charge is 0.251 e. The van der Waals surface area contributed by atoms with Crippen LogP contribution in [0.1, 0.15) is 18.4 Å². The van der Waals surface area contributed by atoms with Crippen molar-refractivity contribution in [3.05, 3.63) is 29.8 Å². The van der Waals surface area contributed by atoms with E-state index in [-0.39, 0.29) is 12.0 Å². The number of ether oxygens (including phenoxy) is 1. The van der Waals surface area contributed by atoms with Crippen LogP contribution in [0.4, 0.5) is 5.69 Å². The van der Waals surface area contributed by atoms with Gasteiger partial charge in [-0.15, -0.1) is 0 Å². The van der Waals surface area contributed by atoms with Crippen LogP contribution >= 0.6 is 0 Å². The molecule has 0 aromatic heterocycles. The fraction of sp³-hybridized carbons (Fsp3) is 0.562. The van der Waals surface area contributed by atoms with Gasteiger partial charge in [-0.05, 0) is 30.5 Å². The van der Waals surface area contributed by atoms with Gasteiger partial charge in [0.15, 0.2) is 0 Å². The highest BCUT2D eigenvalue weighted by Crippen LogP contribution is 2.17. The zero-order chi connectivity index (χ0) is 14.7. The molecule has 1 amide bonds. The Labute approximate surface area is 125 Å². The number of nitrogen functional groups attached to an aromatic ring is 1. The molecule has 1 atom stereocenters. The summed E-state index contributed by atoms with van der Waals surface area (Å²) < 4.78 is 5.48. The number of benzene rings is 1. The van der Waals surface area contributed by atoms with Crippen LogP contribution in [-0.4, -0.2) is 54.6 Å². The molecule has 21 heavy (non-hydrogen) atoms. The van der Waals surface area contributed by atoms with Gasteiger partial charge in [0.1, 0.15) is 6.10 Å². The van der Waals surface area contributed by atoms with Crippen LogP contribution in [0.2, 0.25) is 0 Å². The third-order valence-electron chi connectivity index (χ3n) is 4.25. The molecule has 2 fully saturated rings. The zero-order valence-electron chi connectivity index (χ0n) is 12.3. The van der Waals surface area contributed by atoms with E-state index < -0.39 is 0 Å². The van der Waals surface area contributed by atoms with Crippen molar-refractivity contribution >= 4 is 11.6 Å². The van der Waals surface area contributed by atoms with Crippen LogP contribution < -0.4 is 5.73 Å². The second-order valence-corrected chi connectivity index (χ2v) is 5.85. The molecule has 114 valence electrons.